The van der Waals surface area contributed by atoms with E-state index in [1.165, 1.54) is 16.0 Å². The van der Waals surface area contributed by atoms with Crippen molar-refractivity contribution in [2.75, 3.05) is 23.4 Å². The monoisotopic (exact) mass is 454 g/mol. The van der Waals surface area contributed by atoms with Crippen LogP contribution in [-0.4, -0.2) is 48.3 Å². The van der Waals surface area contributed by atoms with Crippen molar-refractivity contribution in [2.45, 2.75) is 43.9 Å². The Kier molecular flexibility index (Phi) is 4.73. The van der Waals surface area contributed by atoms with E-state index in [0.717, 1.165) is 30.7 Å². The van der Waals surface area contributed by atoms with Gasteiger partial charge in [0.05, 0.1) is 6.54 Å². The second-order valence-electron chi connectivity index (χ2n) is 8.96. The molecule has 0 bridgehead atoms. The molecule has 2 N–H and O–H groups in total. The summed E-state index contributed by atoms with van der Waals surface area (Å²) in [4.78, 5) is 30.0. The van der Waals surface area contributed by atoms with Crippen LogP contribution in [0.5, 0.6) is 5.75 Å². The molecule has 2 unspecified atom stereocenters. The van der Waals surface area contributed by atoms with Gasteiger partial charge in [0.15, 0.2) is 18.2 Å². The molecule has 0 spiro atoms. The van der Waals surface area contributed by atoms with Gasteiger partial charge in [0.25, 0.3) is 5.91 Å². The maximum atomic E-state index is 12.5. The number of anilines is 2. The summed E-state index contributed by atoms with van der Waals surface area (Å²) in [5.74, 6) is 1.36. The molecule has 2 aliphatic carbocycles. The van der Waals surface area contributed by atoms with Crippen LogP contribution in [0.2, 0.25) is 5.02 Å². The molecule has 1 saturated heterocycles. The van der Waals surface area contributed by atoms with Gasteiger partial charge in [-0.1, -0.05) is 23.7 Å². The van der Waals surface area contributed by atoms with Gasteiger partial charge in [0.1, 0.15) is 11.9 Å². The van der Waals surface area contributed by atoms with Crippen LogP contribution in [0.1, 0.15) is 24.0 Å². The van der Waals surface area contributed by atoms with Crippen LogP contribution in [0.25, 0.3) is 0 Å². The van der Waals surface area contributed by atoms with Crippen LogP contribution in [0.4, 0.5) is 16.4 Å². The van der Waals surface area contributed by atoms with Gasteiger partial charge in [-0.2, -0.15) is 0 Å². The molecule has 0 radical (unpaired) electrons. The number of rotatable bonds is 4. The minimum atomic E-state index is -0.400. The van der Waals surface area contributed by atoms with E-state index in [-0.39, 0.29) is 18.6 Å². The standard InChI is InChI=1S/C23H23ClN4O4/c24-17-3-1-2-12-6-15(9-16(12)17)25-14-7-13(8-14)19-10-28(23(30)32-19)20-5-4-18-22(26-20)27-21(29)11-31-18/h1-5,13-15,19,25H,6-11H2,(H,26,27,29)/t13-,14+,15?,19?. The Morgan fingerprint density at radius 2 is 2.00 bits per heavy atom. The summed E-state index contributed by atoms with van der Waals surface area (Å²) in [5, 5.41) is 7.29. The van der Waals surface area contributed by atoms with Crippen molar-refractivity contribution in [2.24, 2.45) is 5.92 Å². The number of nitrogens with one attached hydrogen (secondary N) is 2. The average Bonchev–Trinajstić information content (AvgIpc) is 3.33. The second-order valence-corrected chi connectivity index (χ2v) is 9.37. The summed E-state index contributed by atoms with van der Waals surface area (Å²) in [6, 6.07) is 10.4. The molecule has 9 heteroatoms. The number of amides is 2. The molecule has 2 fully saturated rings. The normalized spacial score (nSPS) is 28.3. The number of aromatic nitrogens is 1. The van der Waals surface area contributed by atoms with Crippen LogP contribution in [0.15, 0.2) is 30.3 Å². The Balaban J connectivity index is 1.04. The molecule has 3 heterocycles. The Hall–Kier alpha value is -2.84. The number of carbonyl (C=O) groups is 2. The van der Waals surface area contributed by atoms with Gasteiger partial charge in [0, 0.05) is 23.0 Å². The number of halogens is 1. The van der Waals surface area contributed by atoms with E-state index in [9.17, 15) is 9.59 Å². The minimum absolute atomic E-state index is 0.0290. The summed E-state index contributed by atoms with van der Waals surface area (Å²) < 4.78 is 11.0. The van der Waals surface area contributed by atoms with Gasteiger partial charge in [-0.15, -0.1) is 0 Å². The molecule has 2 aliphatic heterocycles. The van der Waals surface area contributed by atoms with Crippen molar-refractivity contribution >= 4 is 35.2 Å². The van der Waals surface area contributed by atoms with Crippen LogP contribution in [0, 0.1) is 5.92 Å². The highest BCUT2D eigenvalue weighted by atomic mass is 35.5. The summed E-state index contributed by atoms with van der Waals surface area (Å²) in [6.07, 6.45) is 3.38. The zero-order valence-corrected chi connectivity index (χ0v) is 18.1. The minimum Gasteiger partial charge on any atom is -0.480 e. The highest BCUT2D eigenvalue weighted by molar-refractivity contribution is 6.31. The van der Waals surface area contributed by atoms with Gasteiger partial charge in [0.2, 0.25) is 0 Å². The molecule has 1 saturated carbocycles. The number of hydrogen-bond donors (Lipinski definition) is 2. The maximum Gasteiger partial charge on any atom is 0.415 e. The van der Waals surface area contributed by atoms with Crippen molar-refractivity contribution in [3.05, 3.63) is 46.5 Å². The van der Waals surface area contributed by atoms with Crippen molar-refractivity contribution in [3.63, 3.8) is 0 Å². The van der Waals surface area contributed by atoms with Gasteiger partial charge in [-0.25, -0.2) is 9.78 Å². The number of carbonyl (C=O) groups excluding carboxylic acids is 2. The van der Waals surface area contributed by atoms with E-state index in [4.69, 9.17) is 21.1 Å². The average molecular weight is 455 g/mol. The molecule has 2 aromatic rings. The molecule has 1 aromatic heterocycles. The van der Waals surface area contributed by atoms with Crippen molar-refractivity contribution in [1.29, 1.82) is 0 Å². The number of cyclic esters (lactones) is 1. The van der Waals surface area contributed by atoms with Crippen LogP contribution in [0.3, 0.4) is 0 Å². The highest BCUT2D eigenvalue weighted by Crippen LogP contribution is 2.38. The first-order valence-electron chi connectivity index (χ1n) is 11.0. The highest BCUT2D eigenvalue weighted by Gasteiger charge is 2.44. The first-order chi connectivity index (χ1) is 15.5. The number of fused-ring (bicyclic) bond motifs is 2. The molecule has 4 aliphatic rings. The van der Waals surface area contributed by atoms with E-state index in [0.29, 0.717) is 41.9 Å². The third-order valence-corrected chi connectivity index (χ3v) is 7.23. The number of ether oxygens (including phenoxy) is 2. The predicted octanol–water partition coefficient (Wildman–Crippen LogP) is 2.93. The third-order valence-electron chi connectivity index (χ3n) is 6.88. The zero-order chi connectivity index (χ0) is 21.8. The number of pyridine rings is 1. The zero-order valence-electron chi connectivity index (χ0n) is 17.3. The molecular formula is C23H23ClN4O4. The van der Waals surface area contributed by atoms with Crippen molar-refractivity contribution in [1.82, 2.24) is 10.3 Å². The number of benzene rings is 1. The maximum absolute atomic E-state index is 12.5. The second kappa shape index (κ2) is 7.64. The van der Waals surface area contributed by atoms with E-state index in [1.807, 2.05) is 12.1 Å². The SMILES string of the molecule is O=C1COc2ccc(N3CC([C@H]4C[C@@H](NC5Cc6cccc(Cl)c6C5)C4)OC3=O)nc2N1. The molecule has 2 amide bonds. The molecular weight excluding hydrogens is 432 g/mol. The predicted molar refractivity (Wildman–Crippen MR) is 118 cm³/mol. The van der Waals surface area contributed by atoms with Gasteiger partial charge < -0.3 is 20.1 Å². The van der Waals surface area contributed by atoms with Crippen LogP contribution < -0.4 is 20.3 Å². The van der Waals surface area contributed by atoms with E-state index in [2.05, 4.69) is 21.7 Å². The topological polar surface area (TPSA) is 92.8 Å². The van der Waals surface area contributed by atoms with Gasteiger partial charge >= 0.3 is 6.09 Å². The Morgan fingerprint density at radius 3 is 2.84 bits per heavy atom. The summed E-state index contributed by atoms with van der Waals surface area (Å²) >= 11 is 6.34. The summed E-state index contributed by atoms with van der Waals surface area (Å²) in [5.41, 5.74) is 2.60. The number of nitrogens with zero attached hydrogens (tertiary/aromatic N) is 2. The molecule has 166 valence electrons. The molecule has 8 nitrogen and oxygen atoms in total. The summed E-state index contributed by atoms with van der Waals surface area (Å²) in [7, 11) is 0. The Morgan fingerprint density at radius 1 is 1.12 bits per heavy atom. The van der Waals surface area contributed by atoms with Crippen molar-refractivity contribution in [3.8, 4) is 5.75 Å². The number of hydrogen-bond acceptors (Lipinski definition) is 6. The van der Waals surface area contributed by atoms with Crippen molar-refractivity contribution < 1.29 is 19.1 Å². The molecule has 2 atom stereocenters. The van der Waals surface area contributed by atoms with Gasteiger partial charge in [-0.05, 0) is 55.0 Å². The lowest BCUT2D eigenvalue weighted by molar-refractivity contribution is -0.118. The quantitative estimate of drug-likeness (QED) is 0.738. The molecule has 6 rings (SSSR count). The smallest absolute Gasteiger partial charge is 0.415 e. The van der Waals surface area contributed by atoms with Crippen LogP contribution in [-0.2, 0) is 22.4 Å². The molecule has 32 heavy (non-hydrogen) atoms. The van der Waals surface area contributed by atoms with Gasteiger partial charge in [-0.3, -0.25) is 9.69 Å². The lowest BCUT2D eigenvalue weighted by atomic mass is 9.76. The largest absolute Gasteiger partial charge is 0.480 e. The fraction of sp³-hybridized carbons (Fsp3) is 0.435. The van der Waals surface area contributed by atoms with E-state index in [1.54, 1.807) is 12.1 Å². The summed E-state index contributed by atoms with van der Waals surface area (Å²) in [6.45, 7) is 0.431. The lowest BCUT2D eigenvalue weighted by Crippen LogP contribution is -2.50. The Labute approximate surface area is 190 Å². The fourth-order valence-corrected chi connectivity index (χ4v) is 5.45. The first-order valence-corrected chi connectivity index (χ1v) is 11.4. The lowest BCUT2D eigenvalue weighted by Gasteiger charge is -2.39. The fourth-order valence-electron chi connectivity index (χ4n) is 5.18. The van der Waals surface area contributed by atoms with E-state index < -0.39 is 6.09 Å². The van der Waals surface area contributed by atoms with E-state index >= 15 is 0 Å². The van der Waals surface area contributed by atoms with Crippen LogP contribution >= 0.6 is 11.6 Å². The molecule has 1 aromatic carbocycles. The Bertz CT molecular complexity index is 1100. The first kappa shape index (κ1) is 19.8. The third kappa shape index (κ3) is 3.47.